The van der Waals surface area contributed by atoms with Crippen molar-refractivity contribution in [2.24, 2.45) is 7.05 Å². The van der Waals surface area contributed by atoms with Crippen LogP contribution in [0.25, 0.3) is 0 Å². The lowest BCUT2D eigenvalue weighted by molar-refractivity contribution is 0.471. The molecule has 0 bridgehead atoms. The molecule has 0 aromatic carbocycles. The standard InChI is InChI=1S/C7H12N4O2S/c1-10-4-7(9-6-10)14(12,13)11-3-2-8-5-11/h4,6,8H,2-3,5H2,1H3. The molecule has 0 radical (unpaired) electrons. The topological polar surface area (TPSA) is 67.2 Å². The molecule has 0 aliphatic carbocycles. The molecule has 2 heterocycles. The van der Waals surface area contributed by atoms with Crippen LogP contribution in [0.4, 0.5) is 0 Å². The second kappa shape index (κ2) is 3.34. The first-order valence-electron chi connectivity index (χ1n) is 4.29. The van der Waals surface area contributed by atoms with E-state index in [2.05, 4.69) is 10.3 Å². The van der Waals surface area contributed by atoms with Crippen molar-refractivity contribution in [3.63, 3.8) is 0 Å². The Kier molecular flexibility index (Phi) is 2.30. The van der Waals surface area contributed by atoms with Crippen LogP contribution in [-0.4, -0.2) is 42.0 Å². The van der Waals surface area contributed by atoms with E-state index in [1.54, 1.807) is 11.6 Å². The normalized spacial score (nSPS) is 18.9. The van der Waals surface area contributed by atoms with Crippen LogP contribution in [0.2, 0.25) is 0 Å². The quantitative estimate of drug-likeness (QED) is 0.686. The first kappa shape index (κ1) is 9.63. The number of aromatic nitrogens is 2. The number of hydrogen-bond donors (Lipinski definition) is 1. The average Bonchev–Trinajstić information content (AvgIpc) is 2.72. The summed E-state index contributed by atoms with van der Waals surface area (Å²) in [6.07, 6.45) is 2.99. The molecule has 0 atom stereocenters. The molecule has 0 spiro atoms. The van der Waals surface area contributed by atoms with Crippen LogP contribution < -0.4 is 5.32 Å². The smallest absolute Gasteiger partial charge is 0.263 e. The molecule has 1 aromatic rings. The molecule has 0 saturated carbocycles. The van der Waals surface area contributed by atoms with Crippen molar-refractivity contribution >= 4 is 10.0 Å². The van der Waals surface area contributed by atoms with Gasteiger partial charge >= 0.3 is 0 Å². The fraction of sp³-hybridized carbons (Fsp3) is 0.571. The highest BCUT2D eigenvalue weighted by Crippen LogP contribution is 2.13. The fourth-order valence-corrected chi connectivity index (χ4v) is 2.68. The molecule has 1 aliphatic heterocycles. The Morgan fingerprint density at radius 2 is 2.36 bits per heavy atom. The highest BCUT2D eigenvalue weighted by atomic mass is 32.2. The minimum atomic E-state index is -3.38. The third kappa shape index (κ3) is 1.54. The van der Waals surface area contributed by atoms with E-state index in [0.717, 1.165) is 0 Å². The van der Waals surface area contributed by atoms with Crippen LogP contribution in [0.3, 0.4) is 0 Å². The average molecular weight is 216 g/mol. The Labute approximate surface area is 82.6 Å². The van der Waals surface area contributed by atoms with Gasteiger partial charge in [-0.2, -0.15) is 4.31 Å². The van der Waals surface area contributed by atoms with E-state index in [0.29, 0.717) is 19.8 Å². The van der Waals surface area contributed by atoms with Gasteiger partial charge in [-0.3, -0.25) is 0 Å². The van der Waals surface area contributed by atoms with Crippen LogP contribution in [0, 0.1) is 0 Å². The highest BCUT2D eigenvalue weighted by molar-refractivity contribution is 7.89. The Morgan fingerprint density at radius 3 is 2.86 bits per heavy atom. The number of rotatable bonds is 2. The molecular formula is C7H12N4O2S. The largest absolute Gasteiger partial charge is 0.339 e. The lowest BCUT2D eigenvalue weighted by Crippen LogP contribution is -2.30. The number of aryl methyl sites for hydroxylation is 1. The molecule has 1 aliphatic rings. The Hall–Kier alpha value is -0.920. The molecule has 0 amide bonds. The summed E-state index contributed by atoms with van der Waals surface area (Å²) in [5, 5.41) is 3.08. The van der Waals surface area contributed by atoms with E-state index in [1.807, 2.05) is 0 Å². The van der Waals surface area contributed by atoms with E-state index in [-0.39, 0.29) is 5.03 Å². The molecule has 1 fully saturated rings. The first-order valence-corrected chi connectivity index (χ1v) is 5.73. The summed E-state index contributed by atoms with van der Waals surface area (Å²) < 4.78 is 26.7. The summed E-state index contributed by atoms with van der Waals surface area (Å²) in [6.45, 7) is 1.59. The van der Waals surface area contributed by atoms with Crippen molar-refractivity contribution in [3.8, 4) is 0 Å². The van der Waals surface area contributed by atoms with Crippen LogP contribution in [0.15, 0.2) is 17.6 Å². The van der Waals surface area contributed by atoms with Crippen LogP contribution in [-0.2, 0) is 17.1 Å². The van der Waals surface area contributed by atoms with Crippen molar-refractivity contribution in [2.75, 3.05) is 19.8 Å². The monoisotopic (exact) mass is 216 g/mol. The van der Waals surface area contributed by atoms with Gasteiger partial charge in [-0.25, -0.2) is 13.4 Å². The van der Waals surface area contributed by atoms with E-state index in [1.165, 1.54) is 16.8 Å². The maximum atomic E-state index is 11.9. The number of imidazole rings is 1. The van der Waals surface area contributed by atoms with Gasteiger partial charge in [0.1, 0.15) is 0 Å². The van der Waals surface area contributed by atoms with Crippen molar-refractivity contribution in [2.45, 2.75) is 5.03 Å². The number of nitrogens with one attached hydrogen (secondary N) is 1. The van der Waals surface area contributed by atoms with Crippen molar-refractivity contribution < 1.29 is 8.42 Å². The van der Waals surface area contributed by atoms with Gasteiger partial charge in [-0.15, -0.1) is 0 Å². The van der Waals surface area contributed by atoms with E-state index in [9.17, 15) is 8.42 Å². The zero-order valence-corrected chi connectivity index (χ0v) is 8.66. The molecule has 6 nitrogen and oxygen atoms in total. The maximum Gasteiger partial charge on any atom is 0.263 e. The second-order valence-corrected chi connectivity index (χ2v) is 5.10. The summed E-state index contributed by atoms with van der Waals surface area (Å²) in [4.78, 5) is 3.84. The number of sulfonamides is 1. The van der Waals surface area contributed by atoms with Gasteiger partial charge in [0, 0.05) is 26.3 Å². The van der Waals surface area contributed by atoms with Gasteiger partial charge in [-0.1, -0.05) is 0 Å². The Balaban J connectivity index is 2.32. The van der Waals surface area contributed by atoms with E-state index >= 15 is 0 Å². The predicted molar refractivity (Wildman–Crippen MR) is 50.0 cm³/mol. The lowest BCUT2D eigenvalue weighted by atomic mass is 10.7. The molecule has 1 saturated heterocycles. The highest BCUT2D eigenvalue weighted by Gasteiger charge is 2.28. The SMILES string of the molecule is Cn1cnc(S(=O)(=O)N2CCNC2)c1. The molecule has 0 unspecified atom stereocenters. The predicted octanol–water partition coefficient (Wildman–Crippen LogP) is -1.03. The molecule has 14 heavy (non-hydrogen) atoms. The number of hydrogen-bond acceptors (Lipinski definition) is 4. The summed E-state index contributed by atoms with van der Waals surface area (Å²) in [6, 6.07) is 0. The summed E-state index contributed by atoms with van der Waals surface area (Å²) >= 11 is 0. The fourth-order valence-electron chi connectivity index (χ4n) is 1.35. The molecule has 78 valence electrons. The molecular weight excluding hydrogens is 204 g/mol. The van der Waals surface area contributed by atoms with Gasteiger partial charge in [0.05, 0.1) is 13.0 Å². The summed E-state index contributed by atoms with van der Waals surface area (Å²) in [5.41, 5.74) is 0. The minimum absolute atomic E-state index is 0.115. The van der Waals surface area contributed by atoms with Gasteiger partial charge in [-0.05, 0) is 0 Å². The third-order valence-corrected chi connectivity index (χ3v) is 3.84. The molecule has 2 rings (SSSR count). The van der Waals surface area contributed by atoms with Crippen LogP contribution >= 0.6 is 0 Å². The molecule has 7 heteroatoms. The zero-order valence-electron chi connectivity index (χ0n) is 7.84. The van der Waals surface area contributed by atoms with Crippen LogP contribution in [0.1, 0.15) is 0 Å². The summed E-state index contributed by atoms with van der Waals surface area (Å²) in [7, 11) is -1.63. The molecule has 1 aromatic heterocycles. The van der Waals surface area contributed by atoms with Gasteiger partial charge < -0.3 is 9.88 Å². The zero-order chi connectivity index (χ0) is 10.2. The third-order valence-electron chi connectivity index (χ3n) is 2.11. The first-order chi connectivity index (χ1) is 6.60. The van der Waals surface area contributed by atoms with Gasteiger partial charge in [0.15, 0.2) is 5.03 Å². The summed E-state index contributed by atoms with van der Waals surface area (Å²) in [5.74, 6) is 0. The van der Waals surface area contributed by atoms with E-state index in [4.69, 9.17) is 0 Å². The lowest BCUT2D eigenvalue weighted by Gasteiger charge is -2.11. The number of nitrogens with zero attached hydrogens (tertiary/aromatic N) is 3. The minimum Gasteiger partial charge on any atom is -0.339 e. The van der Waals surface area contributed by atoms with Crippen LogP contribution in [0.5, 0.6) is 0 Å². The Morgan fingerprint density at radius 1 is 1.57 bits per heavy atom. The van der Waals surface area contributed by atoms with Crippen molar-refractivity contribution in [1.29, 1.82) is 0 Å². The Bertz CT molecular complexity index is 419. The van der Waals surface area contributed by atoms with Crippen molar-refractivity contribution in [3.05, 3.63) is 12.5 Å². The second-order valence-electron chi connectivity index (χ2n) is 3.22. The molecule has 1 N–H and O–H groups in total. The maximum absolute atomic E-state index is 11.9. The van der Waals surface area contributed by atoms with Gasteiger partial charge in [0.2, 0.25) is 0 Å². The van der Waals surface area contributed by atoms with Crippen molar-refractivity contribution in [1.82, 2.24) is 19.2 Å². The van der Waals surface area contributed by atoms with E-state index < -0.39 is 10.0 Å². The van der Waals surface area contributed by atoms with Gasteiger partial charge in [0.25, 0.3) is 10.0 Å².